The van der Waals surface area contributed by atoms with Crippen molar-refractivity contribution in [1.82, 2.24) is 5.32 Å². The highest BCUT2D eigenvalue weighted by molar-refractivity contribution is 5.96. The average molecular weight is 249 g/mol. The standard InChI is InChI=1S/C13H15NO4/c1-9(15)6-13(16)14-7-10-8-17-11-4-2-3-5-12(11)18-10/h2-5,10H,6-8H2,1H3,(H,14,16)/t10-/m1/s1. The van der Waals surface area contributed by atoms with Gasteiger partial charge in [0.2, 0.25) is 5.91 Å². The Hall–Kier alpha value is -2.04. The zero-order chi connectivity index (χ0) is 13.0. The monoisotopic (exact) mass is 249 g/mol. The number of ether oxygens (including phenoxy) is 2. The van der Waals surface area contributed by atoms with Crippen molar-refractivity contribution in [3.8, 4) is 11.5 Å². The van der Waals surface area contributed by atoms with Crippen molar-refractivity contribution >= 4 is 11.7 Å². The number of hydrogen-bond donors (Lipinski definition) is 1. The van der Waals surface area contributed by atoms with Crippen LogP contribution in [0, 0.1) is 0 Å². The van der Waals surface area contributed by atoms with Gasteiger partial charge in [-0.25, -0.2) is 0 Å². The molecule has 0 bridgehead atoms. The molecule has 1 amide bonds. The SMILES string of the molecule is CC(=O)CC(=O)NC[C@@H]1COc2ccccc2O1. The first-order valence-electron chi connectivity index (χ1n) is 5.80. The van der Waals surface area contributed by atoms with E-state index in [0.717, 1.165) is 0 Å². The number of amides is 1. The Morgan fingerprint density at radius 3 is 2.78 bits per heavy atom. The van der Waals surface area contributed by atoms with E-state index >= 15 is 0 Å². The predicted octanol–water partition coefficient (Wildman–Crippen LogP) is 0.922. The second-order valence-corrected chi connectivity index (χ2v) is 4.18. The van der Waals surface area contributed by atoms with Gasteiger partial charge in [-0.05, 0) is 19.1 Å². The lowest BCUT2D eigenvalue weighted by molar-refractivity contribution is -0.127. The molecule has 0 aromatic heterocycles. The summed E-state index contributed by atoms with van der Waals surface area (Å²) < 4.78 is 11.2. The summed E-state index contributed by atoms with van der Waals surface area (Å²) in [5.74, 6) is 0.946. The molecule has 1 heterocycles. The Labute approximate surface area is 105 Å². The Morgan fingerprint density at radius 1 is 1.33 bits per heavy atom. The molecule has 96 valence electrons. The van der Waals surface area contributed by atoms with E-state index in [1.54, 1.807) is 0 Å². The van der Waals surface area contributed by atoms with Crippen LogP contribution in [-0.4, -0.2) is 30.9 Å². The summed E-state index contributed by atoms with van der Waals surface area (Å²) >= 11 is 0. The normalized spacial score (nSPS) is 17.1. The topological polar surface area (TPSA) is 64.6 Å². The summed E-state index contributed by atoms with van der Waals surface area (Å²) in [5, 5.41) is 2.65. The first kappa shape index (κ1) is 12.4. The molecule has 1 aliphatic rings. The van der Waals surface area contributed by atoms with Crippen molar-refractivity contribution in [2.75, 3.05) is 13.2 Å². The van der Waals surface area contributed by atoms with Gasteiger partial charge < -0.3 is 14.8 Å². The first-order chi connectivity index (χ1) is 8.65. The van der Waals surface area contributed by atoms with Gasteiger partial charge in [0.15, 0.2) is 11.5 Å². The summed E-state index contributed by atoms with van der Waals surface area (Å²) in [6.07, 6.45) is -0.319. The van der Waals surface area contributed by atoms with Crippen molar-refractivity contribution in [3.63, 3.8) is 0 Å². The lowest BCUT2D eigenvalue weighted by Gasteiger charge is -2.26. The highest BCUT2D eigenvalue weighted by atomic mass is 16.6. The lowest BCUT2D eigenvalue weighted by Crippen LogP contribution is -2.41. The summed E-state index contributed by atoms with van der Waals surface area (Å²) in [7, 11) is 0. The van der Waals surface area contributed by atoms with E-state index in [0.29, 0.717) is 24.7 Å². The largest absolute Gasteiger partial charge is 0.486 e. The molecule has 1 aromatic carbocycles. The van der Waals surface area contributed by atoms with E-state index < -0.39 is 0 Å². The maximum absolute atomic E-state index is 11.3. The number of hydrogen-bond acceptors (Lipinski definition) is 4. The van der Waals surface area contributed by atoms with E-state index in [2.05, 4.69) is 5.32 Å². The van der Waals surface area contributed by atoms with Crippen LogP contribution >= 0.6 is 0 Å². The zero-order valence-electron chi connectivity index (χ0n) is 10.1. The molecule has 0 spiro atoms. The summed E-state index contributed by atoms with van der Waals surface area (Å²) in [5.41, 5.74) is 0. The van der Waals surface area contributed by atoms with Crippen LogP contribution in [0.2, 0.25) is 0 Å². The summed E-state index contributed by atoms with van der Waals surface area (Å²) in [6, 6.07) is 7.38. The molecule has 0 unspecified atom stereocenters. The van der Waals surface area contributed by atoms with Crippen LogP contribution < -0.4 is 14.8 Å². The van der Waals surface area contributed by atoms with Crippen molar-refractivity contribution in [2.45, 2.75) is 19.4 Å². The Balaban J connectivity index is 1.83. The third-order valence-electron chi connectivity index (χ3n) is 2.50. The van der Waals surface area contributed by atoms with Gasteiger partial charge in [-0.3, -0.25) is 9.59 Å². The Kier molecular flexibility index (Phi) is 3.82. The number of carbonyl (C=O) groups is 2. The first-order valence-corrected chi connectivity index (χ1v) is 5.80. The lowest BCUT2D eigenvalue weighted by atomic mass is 10.2. The number of ketones is 1. The molecule has 5 nitrogen and oxygen atoms in total. The number of Topliss-reactive ketones (excluding diaryl/α,β-unsaturated/α-hetero) is 1. The molecule has 1 atom stereocenters. The minimum Gasteiger partial charge on any atom is -0.486 e. The third kappa shape index (κ3) is 3.23. The molecule has 2 rings (SSSR count). The zero-order valence-corrected chi connectivity index (χ0v) is 10.1. The summed E-state index contributed by atoms with van der Waals surface area (Å²) in [4.78, 5) is 22.1. The van der Waals surface area contributed by atoms with E-state index in [4.69, 9.17) is 9.47 Å². The highest BCUT2D eigenvalue weighted by Gasteiger charge is 2.21. The van der Waals surface area contributed by atoms with Crippen LogP contribution in [0.15, 0.2) is 24.3 Å². The van der Waals surface area contributed by atoms with Crippen LogP contribution in [0.25, 0.3) is 0 Å². The number of fused-ring (bicyclic) bond motifs is 1. The molecule has 18 heavy (non-hydrogen) atoms. The molecule has 1 aliphatic heterocycles. The molecule has 1 N–H and O–H groups in total. The summed E-state index contributed by atoms with van der Waals surface area (Å²) in [6.45, 7) is 2.11. The molecule has 0 saturated carbocycles. The van der Waals surface area contributed by atoms with Gasteiger partial charge in [-0.2, -0.15) is 0 Å². The van der Waals surface area contributed by atoms with Crippen molar-refractivity contribution in [3.05, 3.63) is 24.3 Å². The van der Waals surface area contributed by atoms with Gasteiger partial charge in [0.05, 0.1) is 13.0 Å². The molecule has 0 fully saturated rings. The van der Waals surface area contributed by atoms with Crippen LogP contribution in [0.4, 0.5) is 0 Å². The average Bonchev–Trinajstić information content (AvgIpc) is 2.35. The van der Waals surface area contributed by atoms with Crippen molar-refractivity contribution in [1.29, 1.82) is 0 Å². The van der Waals surface area contributed by atoms with Crippen LogP contribution in [0.1, 0.15) is 13.3 Å². The number of carbonyl (C=O) groups excluding carboxylic acids is 2. The predicted molar refractivity (Wildman–Crippen MR) is 64.7 cm³/mol. The van der Waals surface area contributed by atoms with Crippen LogP contribution in [-0.2, 0) is 9.59 Å². The van der Waals surface area contributed by atoms with E-state index in [-0.39, 0.29) is 24.2 Å². The second-order valence-electron chi connectivity index (χ2n) is 4.18. The molecule has 1 aromatic rings. The van der Waals surface area contributed by atoms with Crippen molar-refractivity contribution < 1.29 is 19.1 Å². The number of nitrogens with one attached hydrogen (secondary N) is 1. The van der Waals surface area contributed by atoms with Gasteiger partial charge in [0.1, 0.15) is 18.5 Å². The molecule has 0 saturated heterocycles. The number of para-hydroxylation sites is 2. The van der Waals surface area contributed by atoms with Gasteiger partial charge in [-0.15, -0.1) is 0 Å². The van der Waals surface area contributed by atoms with E-state index in [9.17, 15) is 9.59 Å². The highest BCUT2D eigenvalue weighted by Crippen LogP contribution is 2.30. The van der Waals surface area contributed by atoms with E-state index in [1.807, 2.05) is 24.3 Å². The van der Waals surface area contributed by atoms with Gasteiger partial charge in [0, 0.05) is 0 Å². The third-order valence-corrected chi connectivity index (χ3v) is 2.50. The quantitative estimate of drug-likeness (QED) is 0.806. The smallest absolute Gasteiger partial charge is 0.227 e. The Bertz CT molecular complexity index is 458. The van der Waals surface area contributed by atoms with Gasteiger partial charge in [0.25, 0.3) is 0 Å². The molecular weight excluding hydrogens is 234 g/mol. The minimum atomic E-state index is -0.287. The van der Waals surface area contributed by atoms with Gasteiger partial charge in [-0.1, -0.05) is 12.1 Å². The maximum atomic E-state index is 11.3. The van der Waals surface area contributed by atoms with Crippen LogP contribution in [0.3, 0.4) is 0 Å². The van der Waals surface area contributed by atoms with Gasteiger partial charge >= 0.3 is 0 Å². The molecular formula is C13H15NO4. The van der Waals surface area contributed by atoms with Crippen molar-refractivity contribution in [2.24, 2.45) is 0 Å². The fourth-order valence-electron chi connectivity index (χ4n) is 1.68. The second kappa shape index (κ2) is 5.53. The minimum absolute atomic E-state index is 0.0931. The fraction of sp³-hybridized carbons (Fsp3) is 0.385. The number of benzene rings is 1. The molecule has 0 radical (unpaired) electrons. The maximum Gasteiger partial charge on any atom is 0.227 e. The Morgan fingerprint density at radius 2 is 2.06 bits per heavy atom. The number of rotatable bonds is 4. The fourth-order valence-corrected chi connectivity index (χ4v) is 1.68. The molecule has 0 aliphatic carbocycles. The van der Waals surface area contributed by atoms with E-state index in [1.165, 1.54) is 6.92 Å². The molecule has 5 heteroatoms. The van der Waals surface area contributed by atoms with Crippen LogP contribution in [0.5, 0.6) is 11.5 Å².